The highest BCUT2D eigenvalue weighted by atomic mass is 16.5. The van der Waals surface area contributed by atoms with Gasteiger partial charge in [-0.1, -0.05) is 30.3 Å². The molecule has 0 spiro atoms. The van der Waals surface area contributed by atoms with E-state index in [1.807, 2.05) is 54.1 Å². The van der Waals surface area contributed by atoms with Crippen molar-refractivity contribution in [2.24, 2.45) is 7.05 Å². The minimum atomic E-state index is -0.919. The monoisotopic (exact) mass is 281 g/mol. The maximum atomic E-state index is 11.3. The summed E-state index contributed by atoms with van der Waals surface area (Å²) in [6.45, 7) is 0.397. The van der Waals surface area contributed by atoms with E-state index in [2.05, 4.69) is 0 Å². The molecule has 0 aliphatic heterocycles. The molecule has 3 aromatic rings. The first kappa shape index (κ1) is 13.2. The molecule has 0 radical (unpaired) electrons. The van der Waals surface area contributed by atoms with E-state index in [-0.39, 0.29) is 0 Å². The Bertz CT molecular complexity index is 790. The summed E-state index contributed by atoms with van der Waals surface area (Å²) in [5, 5.41) is 10.2. The molecule has 0 saturated heterocycles. The zero-order chi connectivity index (χ0) is 14.8. The lowest BCUT2D eigenvalue weighted by atomic mass is 10.1. The fourth-order valence-corrected chi connectivity index (χ4v) is 2.46. The third-order valence-corrected chi connectivity index (χ3v) is 3.52. The van der Waals surface area contributed by atoms with Crippen molar-refractivity contribution in [3.05, 3.63) is 65.9 Å². The largest absolute Gasteiger partial charge is 0.487 e. The van der Waals surface area contributed by atoms with Crippen LogP contribution in [0.1, 0.15) is 16.1 Å². The average molecular weight is 281 g/mol. The molecule has 21 heavy (non-hydrogen) atoms. The molecule has 0 aliphatic rings. The first-order chi connectivity index (χ1) is 10.2. The molecule has 0 fully saturated rings. The molecule has 0 atom stereocenters. The molecular formula is C17H15NO3. The molecule has 4 nitrogen and oxygen atoms in total. The van der Waals surface area contributed by atoms with E-state index in [0.29, 0.717) is 12.2 Å². The van der Waals surface area contributed by atoms with E-state index in [1.165, 1.54) is 0 Å². The molecule has 0 aliphatic carbocycles. The van der Waals surface area contributed by atoms with Crippen molar-refractivity contribution < 1.29 is 14.6 Å². The van der Waals surface area contributed by atoms with Crippen LogP contribution >= 0.6 is 0 Å². The van der Waals surface area contributed by atoms with E-state index in [9.17, 15) is 9.90 Å². The lowest BCUT2D eigenvalue weighted by Gasteiger charge is -2.08. The van der Waals surface area contributed by atoms with Crippen LogP contribution in [0.3, 0.4) is 0 Å². The van der Waals surface area contributed by atoms with Crippen LogP contribution in [0.4, 0.5) is 0 Å². The van der Waals surface area contributed by atoms with Gasteiger partial charge in [-0.15, -0.1) is 0 Å². The third-order valence-electron chi connectivity index (χ3n) is 3.52. The van der Waals surface area contributed by atoms with Crippen molar-refractivity contribution in [3.8, 4) is 5.75 Å². The number of carboxylic acids is 1. The quantitative estimate of drug-likeness (QED) is 0.796. The Morgan fingerprint density at radius 1 is 1.14 bits per heavy atom. The Labute approximate surface area is 122 Å². The van der Waals surface area contributed by atoms with E-state index in [0.717, 1.165) is 22.3 Å². The minimum absolute atomic E-state index is 0.306. The lowest BCUT2D eigenvalue weighted by Crippen LogP contribution is -2.04. The van der Waals surface area contributed by atoms with Crippen LogP contribution in [-0.4, -0.2) is 15.6 Å². The number of aromatic carboxylic acids is 1. The van der Waals surface area contributed by atoms with Gasteiger partial charge in [0.2, 0.25) is 0 Å². The van der Waals surface area contributed by atoms with Crippen LogP contribution < -0.4 is 4.74 Å². The molecule has 0 unspecified atom stereocenters. The average Bonchev–Trinajstić information content (AvgIpc) is 2.83. The molecule has 0 bridgehead atoms. The van der Waals surface area contributed by atoms with Crippen molar-refractivity contribution >= 4 is 16.9 Å². The topological polar surface area (TPSA) is 51.5 Å². The summed E-state index contributed by atoms with van der Waals surface area (Å²) in [7, 11) is 1.86. The summed E-state index contributed by atoms with van der Waals surface area (Å²) < 4.78 is 7.61. The summed E-state index contributed by atoms with van der Waals surface area (Å²) in [5.74, 6) is -0.126. The molecule has 4 heteroatoms. The molecule has 1 N–H and O–H groups in total. The van der Waals surface area contributed by atoms with Gasteiger partial charge < -0.3 is 14.4 Å². The lowest BCUT2D eigenvalue weighted by molar-refractivity contribution is 0.0698. The first-order valence-corrected chi connectivity index (χ1v) is 6.65. The van der Waals surface area contributed by atoms with Gasteiger partial charge in [0, 0.05) is 12.4 Å². The van der Waals surface area contributed by atoms with Gasteiger partial charge in [0.05, 0.1) is 16.8 Å². The van der Waals surface area contributed by atoms with E-state index in [4.69, 9.17) is 4.74 Å². The van der Waals surface area contributed by atoms with Crippen molar-refractivity contribution in [2.75, 3.05) is 0 Å². The highest BCUT2D eigenvalue weighted by Gasteiger charge is 2.14. The van der Waals surface area contributed by atoms with Gasteiger partial charge in [0.15, 0.2) is 0 Å². The fraction of sp³-hybridized carbons (Fsp3) is 0.118. The van der Waals surface area contributed by atoms with Crippen molar-refractivity contribution in [1.29, 1.82) is 0 Å². The van der Waals surface area contributed by atoms with E-state index < -0.39 is 5.97 Å². The van der Waals surface area contributed by atoms with Crippen molar-refractivity contribution in [2.45, 2.75) is 6.61 Å². The molecule has 2 aromatic carbocycles. The molecule has 0 amide bonds. The predicted molar refractivity (Wildman–Crippen MR) is 80.7 cm³/mol. The summed E-state index contributed by atoms with van der Waals surface area (Å²) in [6, 6.07) is 16.8. The number of aryl methyl sites for hydroxylation is 1. The van der Waals surface area contributed by atoms with E-state index >= 15 is 0 Å². The van der Waals surface area contributed by atoms with Gasteiger partial charge in [-0.2, -0.15) is 0 Å². The number of carbonyl (C=O) groups is 1. The maximum absolute atomic E-state index is 11.3. The molecule has 3 rings (SSSR count). The zero-order valence-electron chi connectivity index (χ0n) is 11.6. The van der Waals surface area contributed by atoms with Gasteiger partial charge in [-0.3, -0.25) is 0 Å². The number of carboxylic acid groups (broad SMARTS) is 1. The Morgan fingerprint density at radius 2 is 1.90 bits per heavy atom. The highest BCUT2D eigenvalue weighted by molar-refractivity contribution is 6.02. The number of rotatable bonds is 4. The molecule has 1 aromatic heterocycles. The Hall–Kier alpha value is -2.75. The van der Waals surface area contributed by atoms with Crippen LogP contribution in [0.25, 0.3) is 10.9 Å². The van der Waals surface area contributed by atoms with Crippen LogP contribution in [0.15, 0.2) is 54.6 Å². The summed E-state index contributed by atoms with van der Waals surface area (Å²) in [5.41, 5.74) is 1.96. The number of fused-ring (bicyclic) bond motifs is 1. The number of aromatic nitrogens is 1. The summed E-state index contributed by atoms with van der Waals surface area (Å²) in [4.78, 5) is 11.3. The number of ether oxygens (including phenoxy) is 1. The zero-order valence-corrected chi connectivity index (χ0v) is 11.6. The smallest absolute Gasteiger partial charge is 0.337 e. The minimum Gasteiger partial charge on any atom is -0.487 e. The first-order valence-electron chi connectivity index (χ1n) is 6.65. The van der Waals surface area contributed by atoms with Crippen molar-refractivity contribution in [1.82, 2.24) is 4.57 Å². The Balaban J connectivity index is 1.95. The standard InChI is InChI=1S/C17H15NO3/c1-18-13(11-21-14-7-3-2-4-8-14)10-12-6-5-9-15(16(12)18)17(19)20/h2-10H,11H2,1H3,(H,19,20). The predicted octanol–water partition coefficient (Wildman–Crippen LogP) is 3.46. The molecular weight excluding hydrogens is 266 g/mol. The van der Waals surface area contributed by atoms with Gasteiger partial charge in [0.1, 0.15) is 12.4 Å². The summed E-state index contributed by atoms with van der Waals surface area (Å²) in [6.07, 6.45) is 0. The van der Waals surface area contributed by atoms with Gasteiger partial charge in [-0.25, -0.2) is 4.79 Å². The fourth-order valence-electron chi connectivity index (χ4n) is 2.46. The summed E-state index contributed by atoms with van der Waals surface area (Å²) >= 11 is 0. The number of hydrogen-bond donors (Lipinski definition) is 1. The second kappa shape index (κ2) is 5.32. The van der Waals surface area contributed by atoms with Crippen LogP contribution in [0.2, 0.25) is 0 Å². The molecule has 1 heterocycles. The molecule has 0 saturated carbocycles. The molecule has 106 valence electrons. The van der Waals surface area contributed by atoms with Gasteiger partial charge >= 0.3 is 5.97 Å². The SMILES string of the molecule is Cn1c(COc2ccccc2)cc2cccc(C(=O)O)c21. The second-order valence-electron chi connectivity index (χ2n) is 4.84. The van der Waals surface area contributed by atoms with Gasteiger partial charge in [-0.05, 0) is 24.3 Å². The van der Waals surface area contributed by atoms with E-state index in [1.54, 1.807) is 12.1 Å². The number of benzene rings is 2. The Morgan fingerprint density at radius 3 is 2.62 bits per heavy atom. The highest BCUT2D eigenvalue weighted by Crippen LogP contribution is 2.23. The van der Waals surface area contributed by atoms with Crippen LogP contribution in [-0.2, 0) is 13.7 Å². The van der Waals surface area contributed by atoms with Crippen molar-refractivity contribution in [3.63, 3.8) is 0 Å². The normalized spacial score (nSPS) is 10.7. The number of nitrogens with zero attached hydrogens (tertiary/aromatic N) is 1. The Kier molecular flexibility index (Phi) is 3.36. The number of para-hydroxylation sites is 2. The van der Waals surface area contributed by atoms with Crippen LogP contribution in [0, 0.1) is 0 Å². The van der Waals surface area contributed by atoms with Crippen LogP contribution in [0.5, 0.6) is 5.75 Å². The number of hydrogen-bond acceptors (Lipinski definition) is 2. The maximum Gasteiger partial charge on any atom is 0.337 e. The third kappa shape index (κ3) is 2.48. The second-order valence-corrected chi connectivity index (χ2v) is 4.84. The van der Waals surface area contributed by atoms with Gasteiger partial charge in [0.25, 0.3) is 0 Å².